The molecule has 0 fully saturated rings. The van der Waals surface area contributed by atoms with Crippen molar-refractivity contribution in [2.45, 2.75) is 44.9 Å². The van der Waals surface area contributed by atoms with E-state index < -0.39 is 0 Å². The summed E-state index contributed by atoms with van der Waals surface area (Å²) in [5.41, 5.74) is 11.4. The van der Waals surface area contributed by atoms with Crippen LogP contribution < -0.4 is 5.73 Å². The van der Waals surface area contributed by atoms with Crippen molar-refractivity contribution >= 4 is 5.91 Å². The molecule has 1 aromatic rings. The van der Waals surface area contributed by atoms with Crippen molar-refractivity contribution in [3.05, 3.63) is 34.4 Å². The average Bonchev–Trinajstić information content (AvgIpc) is 2.38. The first-order valence-electron chi connectivity index (χ1n) is 6.67. The summed E-state index contributed by atoms with van der Waals surface area (Å²) in [6, 6.07) is 4.58. The fourth-order valence-electron chi connectivity index (χ4n) is 3.36. The Balaban J connectivity index is 2.01. The van der Waals surface area contributed by atoms with Gasteiger partial charge in [-0.15, -0.1) is 0 Å². The normalized spacial score (nSPS) is 22.7. The van der Waals surface area contributed by atoms with E-state index in [4.69, 9.17) is 5.73 Å². The van der Waals surface area contributed by atoms with E-state index in [-0.39, 0.29) is 11.8 Å². The van der Waals surface area contributed by atoms with E-state index >= 15 is 0 Å². The lowest BCUT2D eigenvalue weighted by atomic mass is 9.77. The summed E-state index contributed by atoms with van der Waals surface area (Å²) in [6.07, 6.45) is 7.86. The summed E-state index contributed by atoms with van der Waals surface area (Å²) < 4.78 is 0. The molecule has 1 aromatic carbocycles. The molecule has 1 unspecified atom stereocenters. The van der Waals surface area contributed by atoms with Crippen molar-refractivity contribution < 1.29 is 4.79 Å². The first-order chi connectivity index (χ1) is 8.25. The minimum atomic E-state index is -0.121. The van der Waals surface area contributed by atoms with Gasteiger partial charge in [0.25, 0.3) is 0 Å². The molecule has 1 atom stereocenters. The smallest absolute Gasteiger partial charge is 0.220 e. The molecule has 2 aliphatic carbocycles. The molecular formula is C15H19NO. The van der Waals surface area contributed by atoms with Crippen molar-refractivity contribution in [1.29, 1.82) is 0 Å². The highest BCUT2D eigenvalue weighted by Crippen LogP contribution is 2.33. The zero-order chi connectivity index (χ0) is 11.8. The molecule has 0 heterocycles. The molecule has 2 heteroatoms. The molecule has 2 nitrogen and oxygen atoms in total. The molecule has 2 aliphatic rings. The van der Waals surface area contributed by atoms with Gasteiger partial charge in [-0.3, -0.25) is 4.79 Å². The number of amides is 1. The molecule has 90 valence electrons. The molecule has 0 bridgehead atoms. The van der Waals surface area contributed by atoms with Gasteiger partial charge in [0, 0.05) is 5.92 Å². The van der Waals surface area contributed by atoms with Crippen molar-refractivity contribution in [3.8, 4) is 0 Å². The number of benzene rings is 1. The Morgan fingerprint density at radius 1 is 1.06 bits per heavy atom. The Bertz CT molecular complexity index is 464. The molecule has 0 saturated carbocycles. The summed E-state index contributed by atoms with van der Waals surface area (Å²) in [5, 5.41) is 0. The van der Waals surface area contributed by atoms with E-state index in [1.54, 1.807) is 5.56 Å². The predicted molar refractivity (Wildman–Crippen MR) is 67.8 cm³/mol. The molecule has 0 aliphatic heterocycles. The third kappa shape index (κ3) is 1.86. The largest absolute Gasteiger partial charge is 0.369 e. The number of fused-ring (bicyclic) bond motifs is 3. The van der Waals surface area contributed by atoms with E-state index in [0.29, 0.717) is 0 Å². The molecule has 0 saturated heterocycles. The molecular weight excluding hydrogens is 210 g/mol. The second kappa shape index (κ2) is 4.17. The van der Waals surface area contributed by atoms with Crippen LogP contribution in [0.2, 0.25) is 0 Å². The molecule has 2 N–H and O–H groups in total. The maximum atomic E-state index is 11.4. The maximum Gasteiger partial charge on any atom is 0.220 e. The van der Waals surface area contributed by atoms with Crippen LogP contribution in [-0.4, -0.2) is 5.91 Å². The minimum absolute atomic E-state index is 0.0657. The van der Waals surface area contributed by atoms with Crippen LogP contribution in [0.3, 0.4) is 0 Å². The van der Waals surface area contributed by atoms with Gasteiger partial charge in [-0.05, 0) is 67.2 Å². The Morgan fingerprint density at radius 3 is 2.53 bits per heavy atom. The van der Waals surface area contributed by atoms with Crippen molar-refractivity contribution in [1.82, 2.24) is 0 Å². The number of rotatable bonds is 1. The third-order valence-corrected chi connectivity index (χ3v) is 4.36. The summed E-state index contributed by atoms with van der Waals surface area (Å²) in [5.74, 6) is -0.0556. The Hall–Kier alpha value is -1.31. The fraction of sp³-hybridized carbons (Fsp3) is 0.533. The monoisotopic (exact) mass is 229 g/mol. The maximum absolute atomic E-state index is 11.4. The van der Waals surface area contributed by atoms with Crippen LogP contribution >= 0.6 is 0 Å². The topological polar surface area (TPSA) is 43.1 Å². The van der Waals surface area contributed by atoms with Gasteiger partial charge in [0.15, 0.2) is 0 Å². The van der Waals surface area contributed by atoms with Gasteiger partial charge >= 0.3 is 0 Å². The standard InChI is InChI=1S/C15H19NO/c16-15(17)12-8-7-11-6-5-10-3-1-2-4-13(10)14(11)9-12/h5-6,12H,1-4,7-9H2,(H2,16,17). The second-order valence-corrected chi connectivity index (χ2v) is 5.39. The highest BCUT2D eigenvalue weighted by Gasteiger charge is 2.26. The van der Waals surface area contributed by atoms with Crippen molar-refractivity contribution in [3.63, 3.8) is 0 Å². The van der Waals surface area contributed by atoms with Gasteiger partial charge in [0.1, 0.15) is 0 Å². The van der Waals surface area contributed by atoms with Crippen LogP contribution in [0.5, 0.6) is 0 Å². The lowest BCUT2D eigenvalue weighted by molar-refractivity contribution is -0.122. The molecule has 0 spiro atoms. The van der Waals surface area contributed by atoms with Crippen molar-refractivity contribution in [2.75, 3.05) is 0 Å². The van der Waals surface area contributed by atoms with Crippen LogP contribution in [0, 0.1) is 5.92 Å². The van der Waals surface area contributed by atoms with E-state index in [1.165, 1.54) is 42.4 Å². The zero-order valence-corrected chi connectivity index (χ0v) is 10.2. The van der Waals surface area contributed by atoms with Gasteiger partial charge in [-0.1, -0.05) is 12.1 Å². The van der Waals surface area contributed by atoms with Gasteiger partial charge in [-0.2, -0.15) is 0 Å². The average molecular weight is 229 g/mol. The van der Waals surface area contributed by atoms with Gasteiger partial charge in [-0.25, -0.2) is 0 Å². The van der Waals surface area contributed by atoms with Gasteiger partial charge in [0.05, 0.1) is 0 Å². The quantitative estimate of drug-likeness (QED) is 0.788. The number of nitrogens with two attached hydrogens (primary N) is 1. The number of hydrogen-bond donors (Lipinski definition) is 1. The third-order valence-electron chi connectivity index (χ3n) is 4.36. The van der Waals surface area contributed by atoms with Crippen LogP contribution in [0.1, 0.15) is 41.5 Å². The summed E-state index contributed by atoms with van der Waals surface area (Å²) in [7, 11) is 0. The first-order valence-corrected chi connectivity index (χ1v) is 6.67. The van der Waals surface area contributed by atoms with E-state index in [0.717, 1.165) is 19.3 Å². The number of carbonyl (C=O) groups is 1. The molecule has 1 amide bonds. The summed E-state index contributed by atoms with van der Waals surface area (Å²) in [6.45, 7) is 0. The summed E-state index contributed by atoms with van der Waals surface area (Å²) >= 11 is 0. The molecule has 0 aromatic heterocycles. The Labute approximate surface area is 102 Å². The number of carbonyl (C=O) groups excluding carboxylic acids is 1. The molecule has 3 rings (SSSR count). The number of primary amides is 1. The van der Waals surface area contributed by atoms with E-state index in [2.05, 4.69) is 12.1 Å². The zero-order valence-electron chi connectivity index (χ0n) is 10.2. The minimum Gasteiger partial charge on any atom is -0.369 e. The van der Waals surface area contributed by atoms with E-state index in [9.17, 15) is 4.79 Å². The SMILES string of the molecule is NC(=O)C1CCc2ccc3c(c2C1)CCCC3. The Morgan fingerprint density at radius 2 is 1.76 bits per heavy atom. The van der Waals surface area contributed by atoms with Crippen LogP contribution in [0.15, 0.2) is 12.1 Å². The van der Waals surface area contributed by atoms with Crippen LogP contribution in [0.25, 0.3) is 0 Å². The van der Waals surface area contributed by atoms with Gasteiger partial charge in [0.2, 0.25) is 5.91 Å². The molecule has 0 radical (unpaired) electrons. The van der Waals surface area contributed by atoms with Gasteiger partial charge < -0.3 is 5.73 Å². The lowest BCUT2D eigenvalue weighted by Crippen LogP contribution is -2.29. The van der Waals surface area contributed by atoms with E-state index in [1.807, 2.05) is 0 Å². The summed E-state index contributed by atoms with van der Waals surface area (Å²) in [4.78, 5) is 11.4. The highest BCUT2D eigenvalue weighted by molar-refractivity contribution is 5.77. The van der Waals surface area contributed by atoms with Crippen LogP contribution in [0.4, 0.5) is 0 Å². The fourth-order valence-corrected chi connectivity index (χ4v) is 3.36. The second-order valence-electron chi connectivity index (χ2n) is 5.39. The highest BCUT2D eigenvalue weighted by atomic mass is 16.1. The van der Waals surface area contributed by atoms with Crippen LogP contribution in [-0.2, 0) is 30.5 Å². The first kappa shape index (κ1) is 10.8. The number of aryl methyl sites for hydroxylation is 2. The molecule has 17 heavy (non-hydrogen) atoms. The predicted octanol–water partition coefficient (Wildman–Crippen LogP) is 2.16. The Kier molecular flexibility index (Phi) is 2.65. The number of hydrogen-bond acceptors (Lipinski definition) is 1. The lowest BCUT2D eigenvalue weighted by Gasteiger charge is -2.28. The van der Waals surface area contributed by atoms with Crippen molar-refractivity contribution in [2.24, 2.45) is 11.7 Å².